The van der Waals surface area contributed by atoms with E-state index in [1.165, 1.54) is 24.3 Å². The van der Waals surface area contributed by atoms with Crippen LogP contribution in [0.5, 0.6) is 0 Å². The number of alkyl halides is 3. The van der Waals surface area contributed by atoms with E-state index in [-0.39, 0.29) is 5.69 Å². The average molecular weight is 419 g/mol. The first-order valence-electron chi connectivity index (χ1n) is 7.38. The molecular formula is C17H14ClF3N2O3S. The number of hydrogen-bond acceptors (Lipinski definition) is 3. The zero-order valence-electron chi connectivity index (χ0n) is 13.8. The van der Waals surface area contributed by atoms with Gasteiger partial charge in [-0.1, -0.05) is 23.7 Å². The normalized spacial score (nSPS) is 12.2. The maximum atomic E-state index is 12.8. The van der Waals surface area contributed by atoms with Crippen molar-refractivity contribution in [3.8, 4) is 0 Å². The molecule has 2 N–H and O–H groups in total. The highest BCUT2D eigenvalue weighted by Crippen LogP contribution is 2.36. The maximum absolute atomic E-state index is 12.8. The minimum absolute atomic E-state index is 0.0472. The highest BCUT2D eigenvalue weighted by molar-refractivity contribution is 7.92. The molecule has 0 spiro atoms. The van der Waals surface area contributed by atoms with Gasteiger partial charge in [-0.15, -0.1) is 0 Å². The largest absolute Gasteiger partial charge is 0.417 e. The summed E-state index contributed by atoms with van der Waals surface area (Å²) in [4.78, 5) is 11.9. The molecule has 0 aliphatic carbocycles. The van der Waals surface area contributed by atoms with Crippen molar-refractivity contribution in [3.63, 3.8) is 0 Å². The summed E-state index contributed by atoms with van der Waals surface area (Å²) in [6.45, 7) is 0. The van der Waals surface area contributed by atoms with Crippen LogP contribution in [-0.2, 0) is 21.0 Å². The van der Waals surface area contributed by atoms with Crippen LogP contribution >= 0.6 is 11.6 Å². The lowest BCUT2D eigenvalue weighted by Gasteiger charge is -2.11. The molecule has 0 fully saturated rings. The van der Waals surface area contributed by atoms with Crippen LogP contribution in [0.1, 0.15) is 11.1 Å². The molecule has 27 heavy (non-hydrogen) atoms. The molecule has 10 heteroatoms. The number of benzene rings is 2. The average Bonchev–Trinajstić information content (AvgIpc) is 2.53. The van der Waals surface area contributed by atoms with Crippen LogP contribution in [0, 0.1) is 0 Å². The second-order valence-corrected chi connectivity index (χ2v) is 7.67. The second kappa shape index (κ2) is 8.01. The molecule has 2 rings (SSSR count). The minimum Gasteiger partial charge on any atom is -0.322 e. The molecule has 5 nitrogen and oxygen atoms in total. The van der Waals surface area contributed by atoms with Gasteiger partial charge < -0.3 is 5.32 Å². The molecule has 0 saturated carbocycles. The molecule has 0 radical (unpaired) electrons. The van der Waals surface area contributed by atoms with E-state index in [0.717, 1.165) is 24.5 Å². The van der Waals surface area contributed by atoms with E-state index in [2.05, 4.69) is 10.0 Å². The summed E-state index contributed by atoms with van der Waals surface area (Å²) in [6.07, 6.45) is -1.04. The molecule has 0 atom stereocenters. The van der Waals surface area contributed by atoms with Crippen LogP contribution in [0.15, 0.2) is 48.5 Å². The van der Waals surface area contributed by atoms with Gasteiger partial charge in [-0.2, -0.15) is 13.2 Å². The van der Waals surface area contributed by atoms with Gasteiger partial charge in [-0.05, 0) is 42.0 Å². The third-order valence-electron chi connectivity index (χ3n) is 3.18. The van der Waals surface area contributed by atoms with Crippen LogP contribution < -0.4 is 10.0 Å². The molecule has 0 aliphatic rings. The fourth-order valence-corrected chi connectivity index (χ4v) is 2.84. The Kier molecular flexibility index (Phi) is 6.17. The van der Waals surface area contributed by atoms with Crippen molar-refractivity contribution in [1.82, 2.24) is 0 Å². The van der Waals surface area contributed by atoms with Crippen LogP contribution in [0.2, 0.25) is 5.02 Å². The Morgan fingerprint density at radius 3 is 2.22 bits per heavy atom. The molecule has 0 saturated heterocycles. The Morgan fingerprint density at radius 1 is 1.07 bits per heavy atom. The van der Waals surface area contributed by atoms with Crippen molar-refractivity contribution in [2.75, 3.05) is 16.3 Å². The molecule has 2 aromatic rings. The number of rotatable bonds is 5. The van der Waals surface area contributed by atoms with Crippen molar-refractivity contribution in [2.24, 2.45) is 0 Å². The monoisotopic (exact) mass is 418 g/mol. The zero-order chi connectivity index (χ0) is 20.2. The number of carbonyl (C=O) groups is 1. The summed E-state index contributed by atoms with van der Waals surface area (Å²) in [7, 11) is -3.39. The smallest absolute Gasteiger partial charge is 0.322 e. The Bertz CT molecular complexity index is 972. The summed E-state index contributed by atoms with van der Waals surface area (Å²) < 4.78 is 63.0. The highest BCUT2D eigenvalue weighted by atomic mass is 35.5. The summed E-state index contributed by atoms with van der Waals surface area (Å²) in [5, 5.41) is 1.86. The van der Waals surface area contributed by atoms with E-state index >= 15 is 0 Å². The summed E-state index contributed by atoms with van der Waals surface area (Å²) in [5.41, 5.74) is -0.134. The quantitative estimate of drug-likeness (QED) is 0.707. The summed E-state index contributed by atoms with van der Waals surface area (Å²) in [5.74, 6) is -0.635. The minimum atomic E-state index is -4.63. The lowest BCUT2D eigenvalue weighted by atomic mass is 10.2. The zero-order valence-corrected chi connectivity index (χ0v) is 15.4. The third kappa shape index (κ3) is 6.61. The van der Waals surface area contributed by atoms with E-state index in [9.17, 15) is 26.4 Å². The standard InChI is InChI=1S/C17H14ClF3N2O3S/c1-27(25,26)23-12-5-2-11(3-6-12)4-9-16(24)22-13-7-8-15(18)14(10-13)17(19,20)21/h2-10,23H,1H3,(H,22,24)/b9-4+. The van der Waals surface area contributed by atoms with Gasteiger partial charge in [0.1, 0.15) is 0 Å². The fraction of sp³-hybridized carbons (Fsp3) is 0.118. The second-order valence-electron chi connectivity index (χ2n) is 5.51. The molecule has 0 unspecified atom stereocenters. The van der Waals surface area contributed by atoms with Gasteiger partial charge in [-0.3, -0.25) is 9.52 Å². The van der Waals surface area contributed by atoms with E-state index in [1.807, 2.05) is 0 Å². The van der Waals surface area contributed by atoms with E-state index in [1.54, 1.807) is 12.1 Å². The maximum Gasteiger partial charge on any atom is 0.417 e. The lowest BCUT2D eigenvalue weighted by molar-refractivity contribution is -0.137. The van der Waals surface area contributed by atoms with Gasteiger partial charge in [0.15, 0.2) is 0 Å². The Hall–Kier alpha value is -2.52. The Balaban J connectivity index is 2.05. The van der Waals surface area contributed by atoms with Gasteiger partial charge >= 0.3 is 6.18 Å². The number of carbonyl (C=O) groups excluding carboxylic acids is 1. The topological polar surface area (TPSA) is 75.3 Å². The summed E-state index contributed by atoms with van der Waals surface area (Å²) in [6, 6.07) is 9.22. The Labute approximate surface area is 158 Å². The molecule has 144 valence electrons. The van der Waals surface area contributed by atoms with Crippen molar-refractivity contribution in [3.05, 3.63) is 64.7 Å². The molecule has 0 aromatic heterocycles. The van der Waals surface area contributed by atoms with Crippen LogP contribution in [0.4, 0.5) is 24.5 Å². The predicted octanol–water partition coefficient (Wildman–Crippen LogP) is 4.38. The number of halogens is 4. The highest BCUT2D eigenvalue weighted by Gasteiger charge is 2.33. The van der Waals surface area contributed by atoms with Crippen molar-refractivity contribution in [2.45, 2.75) is 6.18 Å². The molecule has 0 aliphatic heterocycles. The van der Waals surface area contributed by atoms with Gasteiger partial charge in [0.05, 0.1) is 16.8 Å². The fourth-order valence-electron chi connectivity index (χ4n) is 2.05. The molecule has 0 heterocycles. The number of anilines is 2. The molecular weight excluding hydrogens is 405 g/mol. The van der Waals surface area contributed by atoms with Crippen LogP contribution in [0.25, 0.3) is 6.08 Å². The van der Waals surface area contributed by atoms with Crippen molar-refractivity contribution in [1.29, 1.82) is 0 Å². The van der Waals surface area contributed by atoms with Crippen LogP contribution in [0.3, 0.4) is 0 Å². The number of nitrogens with one attached hydrogen (secondary N) is 2. The first-order valence-corrected chi connectivity index (χ1v) is 9.65. The van der Waals surface area contributed by atoms with Gasteiger partial charge in [0, 0.05) is 17.5 Å². The third-order valence-corrected chi connectivity index (χ3v) is 4.12. The Morgan fingerprint density at radius 2 is 1.67 bits per heavy atom. The van der Waals surface area contributed by atoms with Gasteiger partial charge in [0.2, 0.25) is 15.9 Å². The summed E-state index contributed by atoms with van der Waals surface area (Å²) >= 11 is 5.52. The van der Waals surface area contributed by atoms with Crippen molar-refractivity contribution >= 4 is 45.0 Å². The first-order chi connectivity index (χ1) is 12.4. The molecule has 1 amide bonds. The number of sulfonamides is 1. The SMILES string of the molecule is CS(=O)(=O)Nc1ccc(/C=C/C(=O)Nc2ccc(Cl)c(C(F)(F)F)c2)cc1. The van der Waals surface area contributed by atoms with E-state index < -0.39 is 32.7 Å². The van der Waals surface area contributed by atoms with Crippen molar-refractivity contribution < 1.29 is 26.4 Å². The van der Waals surface area contributed by atoms with Gasteiger partial charge in [-0.25, -0.2) is 8.42 Å². The van der Waals surface area contributed by atoms with Gasteiger partial charge in [0.25, 0.3) is 0 Å². The number of amides is 1. The predicted molar refractivity (Wildman–Crippen MR) is 99.0 cm³/mol. The number of hydrogen-bond donors (Lipinski definition) is 2. The molecule has 0 bridgehead atoms. The molecule has 2 aromatic carbocycles. The van der Waals surface area contributed by atoms with E-state index in [0.29, 0.717) is 11.3 Å². The lowest BCUT2D eigenvalue weighted by Crippen LogP contribution is -2.11. The van der Waals surface area contributed by atoms with Crippen LogP contribution in [-0.4, -0.2) is 20.6 Å². The first kappa shape index (κ1) is 20.8. The van der Waals surface area contributed by atoms with E-state index in [4.69, 9.17) is 11.6 Å².